The Hall–Kier alpha value is -1.65. The van der Waals surface area contributed by atoms with Crippen LogP contribution in [0.5, 0.6) is 0 Å². The van der Waals surface area contributed by atoms with Crippen molar-refractivity contribution in [2.24, 2.45) is 0 Å². The Morgan fingerprint density at radius 3 is 2.19 bits per heavy atom. The Morgan fingerprint density at radius 1 is 1.00 bits per heavy atom. The molecule has 1 unspecified atom stereocenters. The van der Waals surface area contributed by atoms with Gasteiger partial charge in [-0.15, -0.1) is 0 Å². The fraction of sp³-hybridized carbons (Fsp3) is 0.294. The lowest BCUT2D eigenvalue weighted by atomic mass is 10.1. The van der Waals surface area contributed by atoms with E-state index in [2.05, 4.69) is 0 Å². The molecule has 2 rings (SSSR count). The molecule has 0 amide bonds. The zero-order chi connectivity index (χ0) is 15.5. The Bertz CT molecular complexity index is 696. The van der Waals surface area contributed by atoms with Gasteiger partial charge in [0.15, 0.2) is 0 Å². The predicted molar refractivity (Wildman–Crippen MR) is 86.6 cm³/mol. The third kappa shape index (κ3) is 3.17. The second-order valence-corrected chi connectivity index (χ2v) is 7.11. The van der Waals surface area contributed by atoms with Crippen LogP contribution in [0.3, 0.4) is 0 Å². The van der Waals surface area contributed by atoms with Crippen LogP contribution in [0.1, 0.15) is 20.3 Å². The lowest BCUT2D eigenvalue weighted by Crippen LogP contribution is -2.34. The number of hydrogen-bond acceptors (Lipinski definition) is 2. The molecule has 0 aromatic heterocycles. The summed E-state index contributed by atoms with van der Waals surface area (Å²) in [5.41, 5.74) is 1.66. The molecule has 3 nitrogen and oxygen atoms in total. The predicted octanol–water partition coefficient (Wildman–Crippen LogP) is 3.77. The van der Waals surface area contributed by atoms with Crippen molar-refractivity contribution in [3.05, 3.63) is 54.6 Å². The fourth-order valence-corrected chi connectivity index (χ4v) is 3.84. The summed E-state index contributed by atoms with van der Waals surface area (Å²) >= 11 is 0. The van der Waals surface area contributed by atoms with E-state index in [1.807, 2.05) is 56.3 Å². The van der Waals surface area contributed by atoms with Crippen molar-refractivity contribution in [3.8, 4) is 11.1 Å². The first-order valence-corrected chi connectivity index (χ1v) is 8.55. The van der Waals surface area contributed by atoms with Gasteiger partial charge in [-0.25, -0.2) is 8.42 Å². The average Bonchev–Trinajstić information content (AvgIpc) is 2.54. The van der Waals surface area contributed by atoms with Gasteiger partial charge in [-0.1, -0.05) is 55.5 Å². The summed E-state index contributed by atoms with van der Waals surface area (Å²) in [4.78, 5) is 0.360. The molecule has 0 saturated carbocycles. The van der Waals surface area contributed by atoms with Gasteiger partial charge in [0.25, 0.3) is 0 Å². The van der Waals surface area contributed by atoms with E-state index in [9.17, 15) is 8.42 Å². The molecule has 0 radical (unpaired) electrons. The molecule has 0 bridgehead atoms. The first kappa shape index (κ1) is 15.7. The zero-order valence-electron chi connectivity index (χ0n) is 12.7. The van der Waals surface area contributed by atoms with E-state index in [-0.39, 0.29) is 6.04 Å². The summed E-state index contributed by atoms with van der Waals surface area (Å²) in [7, 11) is -1.85. The Labute approximate surface area is 127 Å². The quantitative estimate of drug-likeness (QED) is 0.843. The lowest BCUT2D eigenvalue weighted by molar-refractivity contribution is 0.381. The summed E-state index contributed by atoms with van der Waals surface area (Å²) in [6, 6.07) is 16.7. The molecule has 112 valence electrons. The van der Waals surface area contributed by atoms with Gasteiger partial charge in [0, 0.05) is 18.7 Å². The molecular weight excluding hydrogens is 282 g/mol. The van der Waals surface area contributed by atoms with Crippen LogP contribution in [0.4, 0.5) is 0 Å². The Balaban J connectivity index is 2.55. The Morgan fingerprint density at radius 2 is 1.57 bits per heavy atom. The molecule has 2 aromatic rings. The molecule has 0 fully saturated rings. The van der Waals surface area contributed by atoms with Crippen LogP contribution in [0.15, 0.2) is 59.5 Å². The van der Waals surface area contributed by atoms with Gasteiger partial charge < -0.3 is 0 Å². The molecule has 0 N–H and O–H groups in total. The van der Waals surface area contributed by atoms with Crippen LogP contribution in [-0.2, 0) is 10.0 Å². The molecule has 2 aromatic carbocycles. The summed E-state index contributed by atoms with van der Waals surface area (Å²) in [6.45, 7) is 3.91. The molecule has 0 heterocycles. The molecule has 0 saturated heterocycles. The first-order chi connectivity index (χ1) is 9.98. The van der Waals surface area contributed by atoms with Crippen LogP contribution in [0.25, 0.3) is 11.1 Å². The highest BCUT2D eigenvalue weighted by Crippen LogP contribution is 2.29. The van der Waals surface area contributed by atoms with Crippen LogP contribution in [0.2, 0.25) is 0 Å². The van der Waals surface area contributed by atoms with Crippen molar-refractivity contribution in [2.45, 2.75) is 31.2 Å². The molecule has 0 aliphatic heterocycles. The topological polar surface area (TPSA) is 37.4 Å². The second kappa shape index (κ2) is 6.41. The minimum Gasteiger partial charge on any atom is -0.207 e. The lowest BCUT2D eigenvalue weighted by Gasteiger charge is -2.24. The summed E-state index contributed by atoms with van der Waals surface area (Å²) in [5.74, 6) is 0. The summed E-state index contributed by atoms with van der Waals surface area (Å²) in [5, 5.41) is 0. The normalized spacial score (nSPS) is 13.3. The molecular formula is C17H21NO2S. The average molecular weight is 303 g/mol. The van der Waals surface area contributed by atoms with Crippen molar-refractivity contribution < 1.29 is 8.42 Å². The van der Waals surface area contributed by atoms with E-state index in [1.165, 1.54) is 4.31 Å². The number of sulfonamides is 1. The maximum absolute atomic E-state index is 12.9. The molecule has 4 heteroatoms. The van der Waals surface area contributed by atoms with Gasteiger partial charge in [-0.05, 0) is 25.0 Å². The van der Waals surface area contributed by atoms with E-state index in [0.717, 1.165) is 17.5 Å². The van der Waals surface area contributed by atoms with E-state index in [1.54, 1.807) is 19.2 Å². The second-order valence-electron chi connectivity index (χ2n) is 5.14. The highest BCUT2D eigenvalue weighted by atomic mass is 32.2. The van der Waals surface area contributed by atoms with E-state index in [4.69, 9.17) is 0 Å². The van der Waals surface area contributed by atoms with Crippen molar-refractivity contribution in [1.29, 1.82) is 0 Å². The molecule has 1 atom stereocenters. The van der Waals surface area contributed by atoms with Gasteiger partial charge in [-0.3, -0.25) is 0 Å². The third-order valence-corrected chi connectivity index (χ3v) is 5.87. The van der Waals surface area contributed by atoms with Crippen LogP contribution < -0.4 is 0 Å². The number of nitrogens with zero attached hydrogens (tertiary/aromatic N) is 1. The minimum absolute atomic E-state index is 0.0289. The van der Waals surface area contributed by atoms with Crippen LogP contribution in [0, 0.1) is 0 Å². The maximum atomic E-state index is 12.9. The van der Waals surface area contributed by atoms with Gasteiger partial charge in [0.2, 0.25) is 10.0 Å². The third-order valence-electron chi connectivity index (χ3n) is 3.84. The van der Waals surface area contributed by atoms with Crippen molar-refractivity contribution in [2.75, 3.05) is 7.05 Å². The highest BCUT2D eigenvalue weighted by Gasteiger charge is 2.26. The van der Waals surface area contributed by atoms with Gasteiger partial charge >= 0.3 is 0 Å². The monoisotopic (exact) mass is 303 g/mol. The maximum Gasteiger partial charge on any atom is 0.243 e. The summed E-state index contributed by atoms with van der Waals surface area (Å²) in [6.07, 6.45) is 0.781. The largest absolute Gasteiger partial charge is 0.243 e. The highest BCUT2D eigenvalue weighted by molar-refractivity contribution is 7.89. The SMILES string of the molecule is CCC(C)N(C)S(=O)(=O)c1ccccc1-c1ccccc1. The number of hydrogen-bond donors (Lipinski definition) is 0. The molecule has 0 spiro atoms. The Kier molecular flexibility index (Phi) is 4.80. The summed E-state index contributed by atoms with van der Waals surface area (Å²) < 4.78 is 27.2. The van der Waals surface area contributed by atoms with Crippen LogP contribution in [-0.4, -0.2) is 25.8 Å². The van der Waals surface area contributed by atoms with Crippen LogP contribution >= 0.6 is 0 Å². The minimum atomic E-state index is -3.50. The fourth-order valence-electron chi connectivity index (χ4n) is 2.20. The van der Waals surface area contributed by atoms with Crippen molar-refractivity contribution in [3.63, 3.8) is 0 Å². The first-order valence-electron chi connectivity index (χ1n) is 7.11. The van der Waals surface area contributed by atoms with Crippen molar-refractivity contribution >= 4 is 10.0 Å². The molecule has 21 heavy (non-hydrogen) atoms. The van der Waals surface area contributed by atoms with E-state index >= 15 is 0 Å². The smallest absolute Gasteiger partial charge is 0.207 e. The van der Waals surface area contributed by atoms with Gasteiger partial charge in [0.1, 0.15) is 0 Å². The van der Waals surface area contributed by atoms with Gasteiger partial charge in [0.05, 0.1) is 4.90 Å². The zero-order valence-corrected chi connectivity index (χ0v) is 13.5. The van der Waals surface area contributed by atoms with E-state index < -0.39 is 10.0 Å². The van der Waals surface area contributed by atoms with Crippen molar-refractivity contribution in [1.82, 2.24) is 4.31 Å². The standard InChI is InChI=1S/C17H21NO2S/c1-4-14(2)18(3)21(19,20)17-13-9-8-12-16(17)15-10-6-5-7-11-15/h5-14H,4H2,1-3H3. The number of benzene rings is 2. The van der Waals surface area contributed by atoms with E-state index in [0.29, 0.717) is 4.90 Å². The van der Waals surface area contributed by atoms with Gasteiger partial charge in [-0.2, -0.15) is 4.31 Å². The molecule has 0 aliphatic rings. The number of rotatable bonds is 5. The molecule has 0 aliphatic carbocycles.